The van der Waals surface area contributed by atoms with Gasteiger partial charge in [0, 0.05) is 16.5 Å². The predicted octanol–water partition coefficient (Wildman–Crippen LogP) is 5.38. The lowest BCUT2D eigenvalue weighted by Gasteiger charge is -2.14. The fourth-order valence-corrected chi connectivity index (χ4v) is 4.42. The average Bonchev–Trinajstić information content (AvgIpc) is 2.79. The Labute approximate surface area is 193 Å². The van der Waals surface area contributed by atoms with E-state index < -0.39 is 10.0 Å². The molecule has 6 nitrogen and oxygen atoms in total. The summed E-state index contributed by atoms with van der Waals surface area (Å²) >= 11 is 1.43. The highest BCUT2D eigenvalue weighted by atomic mass is 32.2. The number of ether oxygens (including phenoxy) is 1. The van der Waals surface area contributed by atoms with E-state index in [2.05, 4.69) is 10.0 Å². The molecule has 2 N–H and O–H groups in total. The number of carbonyl (C=O) groups excluding carboxylic acids is 1. The van der Waals surface area contributed by atoms with E-state index in [9.17, 15) is 13.2 Å². The lowest BCUT2D eigenvalue weighted by Crippen LogP contribution is -2.19. The minimum absolute atomic E-state index is 0.0683. The molecule has 0 saturated carbocycles. The van der Waals surface area contributed by atoms with Crippen molar-refractivity contribution in [1.29, 1.82) is 0 Å². The number of anilines is 2. The number of carbonyl (C=O) groups is 1. The standard InChI is InChI=1S/C24H26N2O4S2/c1-17(2)24(27)25-22-15-21(13-14-23(22)31-3)32(28,29)26-19-9-11-20(12-10-19)30-16-18-7-5-4-6-8-18/h4-15,17,26H,16H2,1-3H3,(H,25,27). The molecule has 3 rings (SSSR count). The molecule has 0 aliphatic rings. The molecule has 0 atom stereocenters. The van der Waals surface area contributed by atoms with Crippen molar-refractivity contribution in [2.75, 3.05) is 16.3 Å². The van der Waals surface area contributed by atoms with E-state index in [1.54, 1.807) is 44.2 Å². The molecule has 0 heterocycles. The van der Waals surface area contributed by atoms with Crippen molar-refractivity contribution in [1.82, 2.24) is 0 Å². The molecular formula is C24H26N2O4S2. The highest BCUT2D eigenvalue weighted by molar-refractivity contribution is 7.98. The van der Waals surface area contributed by atoms with Gasteiger partial charge in [-0.2, -0.15) is 0 Å². The van der Waals surface area contributed by atoms with Crippen molar-refractivity contribution in [3.8, 4) is 5.75 Å². The normalized spacial score (nSPS) is 11.2. The van der Waals surface area contributed by atoms with Gasteiger partial charge in [-0.1, -0.05) is 44.2 Å². The van der Waals surface area contributed by atoms with Crippen LogP contribution in [-0.4, -0.2) is 20.6 Å². The molecule has 0 aliphatic heterocycles. The van der Waals surface area contributed by atoms with Gasteiger partial charge in [0.25, 0.3) is 10.0 Å². The average molecular weight is 471 g/mol. The largest absolute Gasteiger partial charge is 0.489 e. The number of benzene rings is 3. The molecule has 0 fully saturated rings. The van der Waals surface area contributed by atoms with Crippen LogP contribution in [0.2, 0.25) is 0 Å². The van der Waals surface area contributed by atoms with Crippen LogP contribution in [0.1, 0.15) is 19.4 Å². The third-order valence-corrected chi connectivity index (χ3v) is 6.79. The van der Waals surface area contributed by atoms with Gasteiger partial charge in [-0.05, 0) is 54.3 Å². The Morgan fingerprint density at radius 3 is 2.31 bits per heavy atom. The monoisotopic (exact) mass is 470 g/mol. The molecule has 168 valence electrons. The first-order valence-corrected chi connectivity index (χ1v) is 12.8. The lowest BCUT2D eigenvalue weighted by molar-refractivity contribution is -0.118. The second-order valence-electron chi connectivity index (χ2n) is 7.41. The predicted molar refractivity (Wildman–Crippen MR) is 130 cm³/mol. The summed E-state index contributed by atoms with van der Waals surface area (Å²) in [4.78, 5) is 13.0. The van der Waals surface area contributed by atoms with Crippen LogP contribution < -0.4 is 14.8 Å². The van der Waals surface area contributed by atoms with Gasteiger partial charge in [0.15, 0.2) is 0 Å². The van der Waals surface area contributed by atoms with Gasteiger partial charge in [-0.3, -0.25) is 9.52 Å². The zero-order valence-corrected chi connectivity index (χ0v) is 19.8. The number of sulfonamides is 1. The summed E-state index contributed by atoms with van der Waals surface area (Å²) in [5, 5.41) is 2.80. The van der Waals surface area contributed by atoms with Gasteiger partial charge in [0.2, 0.25) is 5.91 Å². The summed E-state index contributed by atoms with van der Waals surface area (Å²) in [5.41, 5.74) is 1.94. The van der Waals surface area contributed by atoms with Crippen LogP contribution >= 0.6 is 11.8 Å². The van der Waals surface area contributed by atoms with Crippen molar-refractivity contribution in [3.63, 3.8) is 0 Å². The smallest absolute Gasteiger partial charge is 0.261 e. The Morgan fingerprint density at radius 1 is 1.00 bits per heavy atom. The summed E-state index contributed by atoms with van der Waals surface area (Å²) in [6.07, 6.45) is 1.87. The Morgan fingerprint density at radius 2 is 1.69 bits per heavy atom. The molecule has 8 heteroatoms. The molecule has 32 heavy (non-hydrogen) atoms. The summed E-state index contributed by atoms with van der Waals surface area (Å²) in [6, 6.07) is 21.2. The first-order chi connectivity index (χ1) is 15.3. The summed E-state index contributed by atoms with van der Waals surface area (Å²) < 4.78 is 34.1. The lowest BCUT2D eigenvalue weighted by atomic mass is 10.2. The molecule has 0 saturated heterocycles. The molecular weight excluding hydrogens is 444 g/mol. The summed E-state index contributed by atoms with van der Waals surface area (Å²) in [6.45, 7) is 3.99. The van der Waals surface area contributed by atoms with E-state index in [4.69, 9.17) is 4.74 Å². The Bertz CT molecular complexity index is 1160. The van der Waals surface area contributed by atoms with Crippen LogP contribution in [0.4, 0.5) is 11.4 Å². The maximum atomic E-state index is 12.9. The Kier molecular flexibility index (Phi) is 7.82. The van der Waals surface area contributed by atoms with Gasteiger partial charge in [-0.15, -0.1) is 11.8 Å². The number of hydrogen-bond acceptors (Lipinski definition) is 5. The number of thioether (sulfide) groups is 1. The number of rotatable bonds is 9. The van der Waals surface area contributed by atoms with Crippen LogP contribution in [0.15, 0.2) is 82.6 Å². The molecule has 0 unspecified atom stereocenters. The van der Waals surface area contributed by atoms with Gasteiger partial charge in [0.1, 0.15) is 12.4 Å². The fourth-order valence-electron chi connectivity index (χ4n) is 2.80. The van der Waals surface area contributed by atoms with Crippen molar-refractivity contribution >= 4 is 39.1 Å². The number of hydrogen-bond donors (Lipinski definition) is 2. The van der Waals surface area contributed by atoms with Crippen molar-refractivity contribution in [2.45, 2.75) is 30.2 Å². The highest BCUT2D eigenvalue weighted by Gasteiger charge is 2.18. The van der Waals surface area contributed by atoms with Crippen molar-refractivity contribution in [3.05, 3.63) is 78.4 Å². The molecule has 3 aromatic carbocycles. The maximum absolute atomic E-state index is 12.9. The van der Waals surface area contributed by atoms with E-state index in [1.807, 2.05) is 36.6 Å². The Hall–Kier alpha value is -2.97. The van der Waals surface area contributed by atoms with Gasteiger partial charge in [0.05, 0.1) is 10.6 Å². The highest BCUT2D eigenvalue weighted by Crippen LogP contribution is 2.29. The number of nitrogens with one attached hydrogen (secondary N) is 2. The van der Waals surface area contributed by atoms with Gasteiger partial charge in [-0.25, -0.2) is 8.42 Å². The van der Waals surface area contributed by atoms with Crippen LogP contribution in [0.25, 0.3) is 0 Å². The van der Waals surface area contributed by atoms with Gasteiger partial charge < -0.3 is 10.1 Å². The van der Waals surface area contributed by atoms with E-state index in [0.717, 1.165) is 10.5 Å². The maximum Gasteiger partial charge on any atom is 0.261 e. The molecule has 3 aromatic rings. The molecule has 0 aromatic heterocycles. The molecule has 0 spiro atoms. The third-order valence-electron chi connectivity index (χ3n) is 4.62. The van der Waals surface area contributed by atoms with Crippen LogP contribution in [-0.2, 0) is 21.4 Å². The SMILES string of the molecule is CSc1ccc(S(=O)(=O)Nc2ccc(OCc3ccccc3)cc2)cc1NC(=O)C(C)C. The minimum atomic E-state index is -3.84. The van der Waals surface area contributed by atoms with Crippen LogP contribution in [0, 0.1) is 5.92 Å². The van der Waals surface area contributed by atoms with Gasteiger partial charge >= 0.3 is 0 Å². The zero-order chi connectivity index (χ0) is 23.1. The minimum Gasteiger partial charge on any atom is -0.489 e. The Balaban J connectivity index is 1.72. The fraction of sp³-hybridized carbons (Fsp3) is 0.208. The van der Waals surface area contributed by atoms with Crippen LogP contribution in [0.3, 0.4) is 0 Å². The molecule has 0 aliphatic carbocycles. The zero-order valence-electron chi connectivity index (χ0n) is 18.2. The summed E-state index contributed by atoms with van der Waals surface area (Å²) in [7, 11) is -3.84. The van der Waals surface area contributed by atoms with E-state index >= 15 is 0 Å². The summed E-state index contributed by atoms with van der Waals surface area (Å²) in [5.74, 6) is 0.249. The van der Waals surface area contributed by atoms with Crippen LogP contribution in [0.5, 0.6) is 5.75 Å². The first kappa shape index (κ1) is 23.7. The molecule has 0 bridgehead atoms. The first-order valence-electron chi connectivity index (χ1n) is 10.1. The van der Waals surface area contributed by atoms with Crippen molar-refractivity contribution in [2.24, 2.45) is 5.92 Å². The number of amides is 1. The van der Waals surface area contributed by atoms with E-state index in [1.165, 1.54) is 23.9 Å². The van der Waals surface area contributed by atoms with E-state index in [0.29, 0.717) is 23.7 Å². The second kappa shape index (κ2) is 10.6. The molecule has 0 radical (unpaired) electrons. The molecule has 1 amide bonds. The topological polar surface area (TPSA) is 84.5 Å². The van der Waals surface area contributed by atoms with E-state index in [-0.39, 0.29) is 16.7 Å². The van der Waals surface area contributed by atoms with Crippen molar-refractivity contribution < 1.29 is 17.9 Å². The second-order valence-corrected chi connectivity index (χ2v) is 9.94. The quantitative estimate of drug-likeness (QED) is 0.410. The third kappa shape index (κ3) is 6.27.